The molecule has 0 bridgehead atoms. The number of pyridine rings is 2. The molecule has 0 radical (unpaired) electrons. The number of fused-ring (bicyclic) bond motifs is 1. The molecule has 162 valence electrons. The molecule has 4 aromatic rings. The Morgan fingerprint density at radius 2 is 1.97 bits per heavy atom. The first-order valence-corrected chi connectivity index (χ1v) is 9.39. The van der Waals surface area contributed by atoms with Crippen molar-refractivity contribution in [2.75, 3.05) is 10.6 Å². The Labute approximate surface area is 180 Å². The van der Waals surface area contributed by atoms with Gasteiger partial charge in [0.15, 0.2) is 5.82 Å². The topological polar surface area (TPSA) is 89.5 Å². The second kappa shape index (κ2) is 8.52. The monoisotopic (exact) mass is 438 g/mol. The summed E-state index contributed by atoms with van der Waals surface area (Å²) in [6.07, 6.45) is 8.28. The van der Waals surface area contributed by atoms with Crippen LogP contribution < -0.4 is 10.6 Å². The van der Waals surface area contributed by atoms with Gasteiger partial charge in [0.05, 0.1) is 40.7 Å². The highest BCUT2D eigenvalue weighted by atomic mass is 19.1. The fourth-order valence-electron chi connectivity index (χ4n) is 3.23. The zero-order valence-electron chi connectivity index (χ0n) is 16.7. The van der Waals surface area contributed by atoms with Gasteiger partial charge in [0, 0.05) is 24.0 Å². The van der Waals surface area contributed by atoms with Gasteiger partial charge in [0.25, 0.3) is 0 Å². The molecule has 0 aliphatic rings. The average molecular weight is 438 g/mol. The van der Waals surface area contributed by atoms with Gasteiger partial charge in [-0.25, -0.2) is 18.2 Å². The first-order valence-electron chi connectivity index (χ1n) is 9.39. The van der Waals surface area contributed by atoms with Crippen LogP contribution in [0.15, 0.2) is 55.1 Å². The third-order valence-electron chi connectivity index (χ3n) is 4.77. The molecule has 0 unspecified atom stereocenters. The van der Waals surface area contributed by atoms with Crippen molar-refractivity contribution in [3.63, 3.8) is 0 Å². The summed E-state index contributed by atoms with van der Waals surface area (Å²) >= 11 is 0. The molecule has 0 aliphatic carbocycles. The van der Waals surface area contributed by atoms with Crippen LogP contribution in [-0.2, 0) is 0 Å². The van der Waals surface area contributed by atoms with E-state index in [4.69, 9.17) is 5.41 Å². The number of imidazole rings is 1. The van der Waals surface area contributed by atoms with E-state index in [1.165, 1.54) is 25.5 Å². The molecular weight excluding hydrogens is 421 g/mol. The van der Waals surface area contributed by atoms with E-state index < -0.39 is 17.5 Å². The molecular formula is C22H17F3N6O. The van der Waals surface area contributed by atoms with Gasteiger partial charge in [-0.2, -0.15) is 5.17 Å². The van der Waals surface area contributed by atoms with Gasteiger partial charge >= 0.3 is 0 Å². The van der Waals surface area contributed by atoms with Gasteiger partial charge in [-0.15, -0.1) is 0 Å². The summed E-state index contributed by atoms with van der Waals surface area (Å²) in [4.78, 5) is 8.01. The number of hydrogen-bond donors (Lipinski definition) is 3. The Hall–Kier alpha value is -4.18. The van der Waals surface area contributed by atoms with E-state index in [0.717, 1.165) is 30.6 Å². The van der Waals surface area contributed by atoms with Gasteiger partial charge in [0.2, 0.25) is 0 Å². The maximum absolute atomic E-state index is 15.3. The van der Waals surface area contributed by atoms with E-state index >= 15 is 4.39 Å². The third kappa shape index (κ3) is 3.91. The average Bonchev–Trinajstić information content (AvgIpc) is 3.18. The minimum Gasteiger partial charge on any atom is -0.309 e. The summed E-state index contributed by atoms with van der Waals surface area (Å²) in [6, 6.07) is 6.40. The van der Waals surface area contributed by atoms with Crippen LogP contribution in [0.5, 0.6) is 0 Å². The first kappa shape index (κ1) is 21.1. The van der Waals surface area contributed by atoms with Crippen molar-refractivity contribution < 1.29 is 18.4 Å². The summed E-state index contributed by atoms with van der Waals surface area (Å²) in [7, 11) is 0. The SMILES string of the molecule is Cc1ncc(F)cc1N(O)Nc1ccc(F)c(-c2ccc3c(/C=C/C=N)ncn3c2)c1F. The van der Waals surface area contributed by atoms with Gasteiger partial charge in [-0.3, -0.25) is 15.6 Å². The van der Waals surface area contributed by atoms with Gasteiger partial charge < -0.3 is 9.81 Å². The normalized spacial score (nSPS) is 11.3. The lowest BCUT2D eigenvalue weighted by Crippen LogP contribution is -2.27. The summed E-state index contributed by atoms with van der Waals surface area (Å²) in [6.45, 7) is 1.54. The van der Waals surface area contributed by atoms with Crippen molar-refractivity contribution in [3.8, 4) is 11.1 Å². The molecule has 32 heavy (non-hydrogen) atoms. The fraction of sp³-hybridized carbons (Fsp3) is 0.0455. The molecule has 3 heterocycles. The van der Waals surface area contributed by atoms with E-state index in [0.29, 0.717) is 22.1 Å². The first-order chi connectivity index (χ1) is 15.4. The minimum atomic E-state index is -0.950. The number of benzene rings is 1. The van der Waals surface area contributed by atoms with Gasteiger partial charge in [0.1, 0.15) is 17.3 Å². The van der Waals surface area contributed by atoms with E-state index in [1.54, 1.807) is 22.6 Å². The minimum absolute atomic E-state index is 0.0272. The molecule has 0 fully saturated rings. The molecule has 3 N–H and O–H groups in total. The molecule has 0 saturated heterocycles. The van der Waals surface area contributed by atoms with Gasteiger partial charge in [-0.05, 0) is 37.3 Å². The van der Waals surface area contributed by atoms with E-state index in [-0.39, 0.29) is 22.5 Å². The zero-order valence-corrected chi connectivity index (χ0v) is 16.7. The molecule has 0 amide bonds. The molecule has 10 heteroatoms. The largest absolute Gasteiger partial charge is 0.309 e. The number of nitrogens with one attached hydrogen (secondary N) is 2. The van der Waals surface area contributed by atoms with Crippen molar-refractivity contribution in [3.05, 3.63) is 84.0 Å². The Morgan fingerprint density at radius 3 is 2.75 bits per heavy atom. The van der Waals surface area contributed by atoms with E-state index in [2.05, 4.69) is 15.4 Å². The van der Waals surface area contributed by atoms with E-state index in [9.17, 15) is 14.0 Å². The Kier molecular flexibility index (Phi) is 5.61. The van der Waals surface area contributed by atoms with Crippen molar-refractivity contribution in [2.24, 2.45) is 0 Å². The highest BCUT2D eigenvalue weighted by molar-refractivity contribution is 5.80. The van der Waals surface area contributed by atoms with Crippen molar-refractivity contribution in [1.82, 2.24) is 14.4 Å². The molecule has 1 aromatic carbocycles. The van der Waals surface area contributed by atoms with E-state index in [1.807, 2.05) is 0 Å². The molecule has 0 saturated carbocycles. The summed E-state index contributed by atoms with van der Waals surface area (Å²) in [5.41, 5.74) is 3.65. The maximum atomic E-state index is 15.3. The van der Waals surface area contributed by atoms with Crippen LogP contribution in [0.3, 0.4) is 0 Å². The smallest absolute Gasteiger partial charge is 0.158 e. The number of hydrogen-bond acceptors (Lipinski definition) is 6. The van der Waals surface area contributed by atoms with Crippen LogP contribution in [0.2, 0.25) is 0 Å². The molecule has 0 atom stereocenters. The number of rotatable bonds is 6. The molecule has 4 rings (SSSR count). The second-order valence-corrected chi connectivity index (χ2v) is 6.83. The second-order valence-electron chi connectivity index (χ2n) is 6.83. The van der Waals surface area contributed by atoms with Crippen LogP contribution in [0.25, 0.3) is 22.7 Å². The van der Waals surface area contributed by atoms with Crippen molar-refractivity contribution in [2.45, 2.75) is 6.92 Å². The molecule has 7 nitrogen and oxygen atoms in total. The zero-order chi connectivity index (χ0) is 22.8. The lowest BCUT2D eigenvalue weighted by molar-refractivity contribution is 0.275. The highest BCUT2D eigenvalue weighted by Gasteiger charge is 2.19. The number of hydrazine groups is 1. The molecule has 3 aromatic heterocycles. The van der Waals surface area contributed by atoms with Crippen LogP contribution in [0.4, 0.5) is 24.5 Å². The number of anilines is 2. The summed E-state index contributed by atoms with van der Waals surface area (Å²) in [5, 5.41) is 17.8. The standard InChI is InChI=1S/C22H17F3N6O/c1-13-20(9-15(23)10-27-13)31(32)29-18-6-5-16(24)21(22(18)25)14-4-7-19-17(3-2-8-26)28-12-30(19)11-14/h2-12,26,29,32H,1H3/b3-2+,26-8?. The predicted octanol–water partition coefficient (Wildman–Crippen LogP) is 5.01. The van der Waals surface area contributed by atoms with Crippen molar-refractivity contribution >= 4 is 29.2 Å². The molecule has 0 aliphatic heterocycles. The van der Waals surface area contributed by atoms with Crippen LogP contribution in [0, 0.1) is 29.8 Å². The van der Waals surface area contributed by atoms with Crippen LogP contribution >= 0.6 is 0 Å². The van der Waals surface area contributed by atoms with Crippen LogP contribution in [0.1, 0.15) is 11.4 Å². The third-order valence-corrected chi connectivity index (χ3v) is 4.77. The number of nitrogens with zero attached hydrogens (tertiary/aromatic N) is 4. The quantitative estimate of drug-likeness (QED) is 0.291. The Bertz CT molecular complexity index is 1350. The molecule has 0 spiro atoms. The Balaban J connectivity index is 1.71. The number of halogens is 3. The summed E-state index contributed by atoms with van der Waals surface area (Å²) < 4.78 is 45.0. The lowest BCUT2D eigenvalue weighted by atomic mass is 10.0. The van der Waals surface area contributed by atoms with Crippen LogP contribution in [-0.4, -0.2) is 25.8 Å². The van der Waals surface area contributed by atoms with Crippen molar-refractivity contribution in [1.29, 1.82) is 5.41 Å². The number of allylic oxidation sites excluding steroid dienone is 1. The number of aryl methyl sites for hydroxylation is 1. The summed E-state index contributed by atoms with van der Waals surface area (Å²) in [5.74, 6) is -2.44. The fourth-order valence-corrected chi connectivity index (χ4v) is 3.23. The predicted molar refractivity (Wildman–Crippen MR) is 115 cm³/mol. The maximum Gasteiger partial charge on any atom is 0.158 e. The lowest BCUT2D eigenvalue weighted by Gasteiger charge is -2.21. The number of aromatic nitrogens is 3. The highest BCUT2D eigenvalue weighted by Crippen LogP contribution is 2.32. The Morgan fingerprint density at radius 1 is 1.16 bits per heavy atom. The van der Waals surface area contributed by atoms with Gasteiger partial charge in [-0.1, -0.05) is 6.07 Å².